The molecule has 0 aromatic rings. The van der Waals surface area contributed by atoms with Crippen LogP contribution in [-0.2, 0) is 14.8 Å². The molecule has 1 unspecified atom stereocenters. The van der Waals surface area contributed by atoms with Gasteiger partial charge in [-0.05, 0) is 37.9 Å². The molecule has 1 heterocycles. The Labute approximate surface area is 135 Å². The monoisotopic (exact) mass is 357 g/mol. The Kier molecular flexibility index (Phi) is 6.50. The molecular formula is C14H25F2NO3S2. The van der Waals surface area contributed by atoms with Crippen LogP contribution >= 0.6 is 11.8 Å². The zero-order valence-electron chi connectivity index (χ0n) is 12.9. The van der Waals surface area contributed by atoms with Crippen molar-refractivity contribution in [2.75, 3.05) is 31.8 Å². The molecule has 2 aliphatic rings. The van der Waals surface area contributed by atoms with Gasteiger partial charge in [0.15, 0.2) is 0 Å². The second-order valence-electron chi connectivity index (χ2n) is 6.29. The van der Waals surface area contributed by atoms with Crippen LogP contribution < -0.4 is 4.72 Å². The van der Waals surface area contributed by atoms with E-state index in [9.17, 15) is 17.2 Å². The fourth-order valence-electron chi connectivity index (χ4n) is 3.07. The van der Waals surface area contributed by atoms with Crippen LogP contribution in [0.25, 0.3) is 0 Å². The maximum atomic E-state index is 13.7. The minimum atomic E-state index is -3.69. The number of sulfonamides is 1. The topological polar surface area (TPSA) is 55.4 Å². The molecule has 1 saturated carbocycles. The van der Waals surface area contributed by atoms with Gasteiger partial charge in [0.1, 0.15) is 0 Å². The van der Waals surface area contributed by atoms with E-state index < -0.39 is 34.0 Å². The summed E-state index contributed by atoms with van der Waals surface area (Å²) >= 11 is 1.86. The van der Waals surface area contributed by atoms with Gasteiger partial charge in [-0.25, -0.2) is 21.9 Å². The van der Waals surface area contributed by atoms with Crippen molar-refractivity contribution in [3.05, 3.63) is 0 Å². The summed E-state index contributed by atoms with van der Waals surface area (Å²) in [6.07, 6.45) is 5.89. The van der Waals surface area contributed by atoms with Gasteiger partial charge in [0.05, 0.1) is 24.9 Å². The fourth-order valence-corrected chi connectivity index (χ4v) is 5.29. The number of ether oxygens (including phenoxy) is 1. The smallest absolute Gasteiger partial charge is 0.256 e. The molecule has 1 aliphatic carbocycles. The lowest BCUT2D eigenvalue weighted by Crippen LogP contribution is -2.45. The molecule has 8 heteroatoms. The molecule has 0 bridgehead atoms. The van der Waals surface area contributed by atoms with E-state index in [1.54, 1.807) is 0 Å². The molecule has 1 aliphatic heterocycles. The Balaban J connectivity index is 1.79. The van der Waals surface area contributed by atoms with Crippen LogP contribution in [-0.4, -0.2) is 51.4 Å². The van der Waals surface area contributed by atoms with Crippen molar-refractivity contribution in [2.45, 2.75) is 43.3 Å². The van der Waals surface area contributed by atoms with Crippen LogP contribution in [0.4, 0.5) is 8.78 Å². The van der Waals surface area contributed by atoms with Gasteiger partial charge in [-0.3, -0.25) is 0 Å². The van der Waals surface area contributed by atoms with Crippen molar-refractivity contribution in [2.24, 2.45) is 11.8 Å². The predicted molar refractivity (Wildman–Crippen MR) is 84.9 cm³/mol. The van der Waals surface area contributed by atoms with E-state index in [0.717, 1.165) is 25.7 Å². The number of rotatable bonds is 6. The fraction of sp³-hybridized carbons (Fsp3) is 1.00. The van der Waals surface area contributed by atoms with Gasteiger partial charge >= 0.3 is 0 Å². The average Bonchev–Trinajstić information content (AvgIpc) is 2.48. The SMILES string of the molecule is CSC1CCC(CNS(=O)(=O)CC2COCCC2(F)F)CC1. The van der Waals surface area contributed by atoms with Crippen molar-refractivity contribution in [3.63, 3.8) is 0 Å². The molecule has 0 spiro atoms. The van der Waals surface area contributed by atoms with Crippen molar-refractivity contribution in [3.8, 4) is 0 Å². The van der Waals surface area contributed by atoms with Crippen molar-refractivity contribution >= 4 is 21.8 Å². The van der Waals surface area contributed by atoms with Gasteiger partial charge in [-0.15, -0.1) is 0 Å². The second kappa shape index (κ2) is 7.77. The van der Waals surface area contributed by atoms with E-state index in [2.05, 4.69) is 11.0 Å². The second-order valence-corrected chi connectivity index (χ2v) is 9.28. The highest BCUT2D eigenvalue weighted by Gasteiger charge is 2.44. The minimum absolute atomic E-state index is 0.00431. The number of hydrogen-bond acceptors (Lipinski definition) is 4. The number of halogens is 2. The molecule has 1 atom stereocenters. The van der Waals surface area contributed by atoms with Crippen LogP contribution in [0.3, 0.4) is 0 Å². The standard InChI is InChI=1S/C14H25F2NO3S2/c1-21-13-4-2-11(3-5-13)8-17-22(18,19)10-12-9-20-7-6-14(12,15)16/h11-13,17H,2-10H2,1H3. The quantitative estimate of drug-likeness (QED) is 0.794. The zero-order valence-corrected chi connectivity index (χ0v) is 14.5. The molecule has 0 aromatic carbocycles. The predicted octanol–water partition coefficient (Wildman–Crippen LogP) is 2.50. The van der Waals surface area contributed by atoms with E-state index in [0.29, 0.717) is 17.7 Å². The summed E-state index contributed by atoms with van der Waals surface area (Å²) in [6, 6.07) is 0. The van der Waals surface area contributed by atoms with Gasteiger partial charge in [-0.2, -0.15) is 11.8 Å². The first-order chi connectivity index (χ1) is 10.3. The molecule has 130 valence electrons. The van der Waals surface area contributed by atoms with E-state index in [-0.39, 0.29) is 13.2 Å². The molecule has 1 saturated heterocycles. The molecule has 0 amide bonds. The first-order valence-electron chi connectivity index (χ1n) is 7.78. The Hall–Kier alpha value is 0.0800. The van der Waals surface area contributed by atoms with Crippen LogP contribution in [0.1, 0.15) is 32.1 Å². The lowest BCUT2D eigenvalue weighted by atomic mass is 9.89. The Morgan fingerprint density at radius 1 is 1.27 bits per heavy atom. The number of thioether (sulfide) groups is 1. The van der Waals surface area contributed by atoms with Gasteiger partial charge in [0.2, 0.25) is 10.0 Å². The maximum Gasteiger partial charge on any atom is 0.256 e. The van der Waals surface area contributed by atoms with E-state index in [1.165, 1.54) is 0 Å². The normalized spacial score (nSPS) is 32.8. The summed E-state index contributed by atoms with van der Waals surface area (Å²) in [5, 5.41) is 0.672. The summed E-state index contributed by atoms with van der Waals surface area (Å²) in [5.74, 6) is -4.43. The highest BCUT2D eigenvalue weighted by molar-refractivity contribution is 7.99. The molecule has 22 heavy (non-hydrogen) atoms. The van der Waals surface area contributed by atoms with Crippen molar-refractivity contribution < 1.29 is 21.9 Å². The highest BCUT2D eigenvalue weighted by Crippen LogP contribution is 2.33. The van der Waals surface area contributed by atoms with Gasteiger partial charge < -0.3 is 4.74 Å². The van der Waals surface area contributed by atoms with Crippen LogP contribution in [0.5, 0.6) is 0 Å². The molecule has 4 nitrogen and oxygen atoms in total. The molecule has 1 N–H and O–H groups in total. The molecule has 0 aromatic heterocycles. The lowest BCUT2D eigenvalue weighted by molar-refractivity contribution is -0.133. The Morgan fingerprint density at radius 3 is 2.55 bits per heavy atom. The number of hydrogen-bond donors (Lipinski definition) is 1. The molecule has 0 radical (unpaired) electrons. The average molecular weight is 357 g/mol. The van der Waals surface area contributed by atoms with Gasteiger partial charge in [0.25, 0.3) is 5.92 Å². The van der Waals surface area contributed by atoms with Crippen LogP contribution in [0, 0.1) is 11.8 Å². The highest BCUT2D eigenvalue weighted by atomic mass is 32.2. The third-order valence-corrected chi connectivity index (χ3v) is 7.22. The summed E-state index contributed by atoms with van der Waals surface area (Å²) in [5.41, 5.74) is 0. The minimum Gasteiger partial charge on any atom is -0.381 e. The largest absolute Gasteiger partial charge is 0.381 e. The summed E-state index contributed by atoms with van der Waals surface area (Å²) in [7, 11) is -3.69. The molecule has 2 rings (SSSR count). The van der Waals surface area contributed by atoms with Crippen LogP contribution in [0.2, 0.25) is 0 Å². The Bertz CT molecular complexity index is 451. The van der Waals surface area contributed by atoms with Crippen molar-refractivity contribution in [1.29, 1.82) is 0 Å². The summed E-state index contributed by atoms with van der Waals surface area (Å²) < 4.78 is 59.0. The third kappa shape index (κ3) is 5.32. The van der Waals surface area contributed by atoms with Gasteiger partial charge in [0, 0.05) is 18.2 Å². The first-order valence-corrected chi connectivity index (χ1v) is 10.7. The van der Waals surface area contributed by atoms with E-state index in [1.807, 2.05) is 11.8 Å². The summed E-state index contributed by atoms with van der Waals surface area (Å²) in [4.78, 5) is 0. The maximum absolute atomic E-state index is 13.7. The van der Waals surface area contributed by atoms with E-state index >= 15 is 0 Å². The van der Waals surface area contributed by atoms with Crippen LogP contribution in [0.15, 0.2) is 0 Å². The zero-order chi connectivity index (χ0) is 16.2. The molecular weight excluding hydrogens is 332 g/mol. The molecule has 2 fully saturated rings. The van der Waals surface area contributed by atoms with Gasteiger partial charge in [-0.1, -0.05) is 0 Å². The third-order valence-electron chi connectivity index (χ3n) is 4.64. The lowest BCUT2D eigenvalue weighted by Gasteiger charge is -2.31. The van der Waals surface area contributed by atoms with Crippen molar-refractivity contribution in [1.82, 2.24) is 4.72 Å². The number of nitrogens with one attached hydrogen (secondary N) is 1. The Morgan fingerprint density at radius 2 is 1.95 bits per heavy atom. The first kappa shape index (κ1) is 18.4. The number of alkyl halides is 2. The summed E-state index contributed by atoms with van der Waals surface area (Å²) in [6.45, 7) is 0.172. The van der Waals surface area contributed by atoms with E-state index in [4.69, 9.17) is 4.74 Å².